The summed E-state index contributed by atoms with van der Waals surface area (Å²) in [5.41, 5.74) is 2.56. The number of amides is 1. The summed E-state index contributed by atoms with van der Waals surface area (Å²) in [7, 11) is 5.86. The van der Waals surface area contributed by atoms with Crippen molar-refractivity contribution in [2.75, 3.05) is 30.1 Å². The molecule has 1 heterocycles. The third-order valence-corrected chi connectivity index (χ3v) is 5.56. The van der Waals surface area contributed by atoms with E-state index in [-0.39, 0.29) is 11.7 Å². The molecule has 146 valence electrons. The van der Waals surface area contributed by atoms with Gasteiger partial charge in [-0.15, -0.1) is 10.2 Å². The first-order valence-electron chi connectivity index (χ1n) is 8.40. The van der Waals surface area contributed by atoms with Gasteiger partial charge < -0.3 is 14.8 Å². The summed E-state index contributed by atoms with van der Waals surface area (Å²) in [6.07, 6.45) is 0. The highest BCUT2D eigenvalue weighted by atomic mass is 35.5. The molecule has 6 nitrogen and oxygen atoms in total. The van der Waals surface area contributed by atoms with Crippen LogP contribution in [0.4, 0.5) is 11.4 Å². The van der Waals surface area contributed by atoms with E-state index in [9.17, 15) is 4.79 Å². The van der Waals surface area contributed by atoms with E-state index in [1.165, 1.54) is 11.8 Å². The van der Waals surface area contributed by atoms with Crippen LogP contribution in [-0.4, -0.2) is 40.5 Å². The lowest BCUT2D eigenvalue weighted by molar-refractivity contribution is -0.113. The van der Waals surface area contributed by atoms with Crippen LogP contribution in [0.15, 0.2) is 47.6 Å². The van der Waals surface area contributed by atoms with Gasteiger partial charge in [0.1, 0.15) is 0 Å². The maximum Gasteiger partial charge on any atom is 0.234 e. The van der Waals surface area contributed by atoms with E-state index in [2.05, 4.69) is 15.5 Å². The molecule has 0 bridgehead atoms. The van der Waals surface area contributed by atoms with Gasteiger partial charge >= 0.3 is 0 Å². The van der Waals surface area contributed by atoms with Crippen molar-refractivity contribution in [3.8, 4) is 11.4 Å². The fourth-order valence-corrected chi connectivity index (χ4v) is 3.69. The van der Waals surface area contributed by atoms with Crippen molar-refractivity contribution in [3.05, 3.63) is 52.5 Å². The van der Waals surface area contributed by atoms with Gasteiger partial charge in [-0.05, 0) is 30.3 Å². The molecule has 9 heteroatoms. The molecule has 1 amide bonds. The topological polar surface area (TPSA) is 63.1 Å². The van der Waals surface area contributed by atoms with Gasteiger partial charge in [0.15, 0.2) is 11.0 Å². The lowest BCUT2D eigenvalue weighted by atomic mass is 10.2. The van der Waals surface area contributed by atoms with E-state index in [0.29, 0.717) is 20.9 Å². The van der Waals surface area contributed by atoms with Crippen LogP contribution >= 0.6 is 35.0 Å². The fraction of sp³-hybridized carbons (Fsp3) is 0.211. The Balaban J connectivity index is 1.67. The predicted molar refractivity (Wildman–Crippen MR) is 117 cm³/mol. The van der Waals surface area contributed by atoms with Crippen molar-refractivity contribution in [3.63, 3.8) is 0 Å². The Kier molecular flexibility index (Phi) is 6.49. The monoisotopic (exact) mass is 435 g/mol. The van der Waals surface area contributed by atoms with Gasteiger partial charge in [0.25, 0.3) is 0 Å². The Morgan fingerprint density at radius 1 is 1.18 bits per heavy atom. The standard InChI is InChI=1S/C19H19Cl2N5OS/c1-25(2)14-6-4-5-12(9-14)18-23-24-19(26(18)3)28-11-17(27)22-16-8-7-13(20)10-15(16)21/h4-10H,11H2,1-3H3,(H,22,27). The molecule has 0 unspecified atom stereocenters. The Labute approximate surface area is 177 Å². The second kappa shape index (κ2) is 8.86. The maximum atomic E-state index is 12.2. The summed E-state index contributed by atoms with van der Waals surface area (Å²) in [6, 6.07) is 13.0. The molecule has 28 heavy (non-hydrogen) atoms. The van der Waals surface area contributed by atoms with Crippen molar-refractivity contribution >= 4 is 52.2 Å². The predicted octanol–water partition coefficient (Wildman–Crippen LogP) is 4.59. The van der Waals surface area contributed by atoms with Crippen LogP contribution in [0, 0.1) is 0 Å². The molecule has 0 saturated heterocycles. The number of nitrogens with zero attached hydrogens (tertiary/aromatic N) is 4. The van der Waals surface area contributed by atoms with Crippen LogP contribution in [0.2, 0.25) is 10.0 Å². The van der Waals surface area contributed by atoms with Gasteiger partial charge in [-0.3, -0.25) is 4.79 Å². The third-order valence-electron chi connectivity index (χ3n) is 3.99. The highest BCUT2D eigenvalue weighted by molar-refractivity contribution is 7.99. The molecule has 1 aromatic heterocycles. The zero-order chi connectivity index (χ0) is 20.3. The van der Waals surface area contributed by atoms with Gasteiger partial charge in [0, 0.05) is 37.4 Å². The minimum atomic E-state index is -0.187. The minimum absolute atomic E-state index is 0.183. The van der Waals surface area contributed by atoms with Crippen molar-refractivity contribution < 1.29 is 4.79 Å². The molecular formula is C19H19Cl2N5OS. The quantitative estimate of drug-likeness (QED) is 0.573. The number of carbonyl (C=O) groups is 1. The molecule has 3 rings (SSSR count). The number of halogens is 2. The molecule has 2 aromatic carbocycles. The Morgan fingerprint density at radius 3 is 2.68 bits per heavy atom. The number of carbonyl (C=O) groups excluding carboxylic acids is 1. The first-order chi connectivity index (χ1) is 13.3. The second-order valence-electron chi connectivity index (χ2n) is 6.27. The van der Waals surface area contributed by atoms with E-state index in [0.717, 1.165) is 17.1 Å². The molecule has 0 saturated carbocycles. The Hall–Kier alpha value is -2.22. The van der Waals surface area contributed by atoms with E-state index < -0.39 is 0 Å². The molecule has 0 radical (unpaired) electrons. The Bertz CT molecular complexity index is 1010. The summed E-state index contributed by atoms with van der Waals surface area (Å²) in [5.74, 6) is 0.739. The van der Waals surface area contributed by atoms with Gasteiger partial charge in [-0.25, -0.2) is 0 Å². The third kappa shape index (κ3) is 4.79. The smallest absolute Gasteiger partial charge is 0.234 e. The lowest BCUT2D eigenvalue weighted by Crippen LogP contribution is -2.14. The average molecular weight is 436 g/mol. The number of anilines is 2. The summed E-state index contributed by atoms with van der Waals surface area (Å²) in [4.78, 5) is 14.3. The summed E-state index contributed by atoms with van der Waals surface area (Å²) >= 11 is 13.3. The number of thioether (sulfide) groups is 1. The molecule has 0 spiro atoms. The van der Waals surface area contributed by atoms with Crippen LogP contribution in [0.3, 0.4) is 0 Å². The van der Waals surface area contributed by atoms with Gasteiger partial charge in [-0.2, -0.15) is 0 Å². The van der Waals surface area contributed by atoms with Crippen LogP contribution in [0.5, 0.6) is 0 Å². The molecular weight excluding hydrogens is 417 g/mol. The molecule has 0 atom stereocenters. The fourth-order valence-electron chi connectivity index (χ4n) is 2.52. The number of rotatable bonds is 6. The molecule has 0 fully saturated rings. The SMILES string of the molecule is CN(C)c1cccc(-c2nnc(SCC(=O)Nc3ccc(Cl)cc3Cl)n2C)c1. The van der Waals surface area contributed by atoms with Crippen molar-refractivity contribution in [2.45, 2.75) is 5.16 Å². The van der Waals surface area contributed by atoms with E-state index in [4.69, 9.17) is 23.2 Å². The number of nitrogens with one attached hydrogen (secondary N) is 1. The zero-order valence-electron chi connectivity index (χ0n) is 15.6. The minimum Gasteiger partial charge on any atom is -0.378 e. The molecule has 0 aliphatic carbocycles. The van der Waals surface area contributed by atoms with Crippen LogP contribution < -0.4 is 10.2 Å². The molecule has 0 aliphatic rings. The van der Waals surface area contributed by atoms with Crippen molar-refractivity contribution in [1.29, 1.82) is 0 Å². The van der Waals surface area contributed by atoms with Crippen LogP contribution in [0.25, 0.3) is 11.4 Å². The lowest BCUT2D eigenvalue weighted by Gasteiger charge is -2.13. The van der Waals surface area contributed by atoms with Gasteiger partial charge in [0.05, 0.1) is 16.5 Å². The normalized spacial score (nSPS) is 10.8. The highest BCUT2D eigenvalue weighted by Gasteiger charge is 2.14. The van der Waals surface area contributed by atoms with E-state index in [1.807, 2.05) is 54.9 Å². The highest BCUT2D eigenvalue weighted by Crippen LogP contribution is 2.27. The van der Waals surface area contributed by atoms with E-state index in [1.54, 1.807) is 18.2 Å². The van der Waals surface area contributed by atoms with Crippen LogP contribution in [-0.2, 0) is 11.8 Å². The van der Waals surface area contributed by atoms with Crippen molar-refractivity contribution in [2.24, 2.45) is 7.05 Å². The van der Waals surface area contributed by atoms with E-state index >= 15 is 0 Å². The summed E-state index contributed by atoms with van der Waals surface area (Å²) in [6.45, 7) is 0. The summed E-state index contributed by atoms with van der Waals surface area (Å²) < 4.78 is 1.88. The average Bonchev–Trinajstić information content (AvgIpc) is 3.03. The number of hydrogen-bond acceptors (Lipinski definition) is 5. The number of benzene rings is 2. The summed E-state index contributed by atoms with van der Waals surface area (Å²) in [5, 5.41) is 12.8. The first kappa shape index (κ1) is 20.5. The van der Waals surface area contributed by atoms with Gasteiger partial charge in [0.2, 0.25) is 5.91 Å². The maximum absolute atomic E-state index is 12.2. The van der Waals surface area contributed by atoms with Crippen LogP contribution in [0.1, 0.15) is 0 Å². The molecule has 0 aliphatic heterocycles. The second-order valence-corrected chi connectivity index (χ2v) is 8.06. The molecule has 1 N–H and O–H groups in total. The zero-order valence-corrected chi connectivity index (χ0v) is 17.9. The van der Waals surface area contributed by atoms with Gasteiger partial charge in [-0.1, -0.05) is 47.1 Å². The largest absolute Gasteiger partial charge is 0.378 e. The molecule has 3 aromatic rings. The Morgan fingerprint density at radius 2 is 1.96 bits per heavy atom. The van der Waals surface area contributed by atoms with Crippen molar-refractivity contribution in [1.82, 2.24) is 14.8 Å². The number of hydrogen-bond donors (Lipinski definition) is 1. The number of aromatic nitrogens is 3. The first-order valence-corrected chi connectivity index (χ1v) is 10.1.